The molecule has 0 aliphatic carbocycles. The third kappa shape index (κ3) is 4.28. The normalized spacial score (nSPS) is 19.0. The molecule has 0 aromatic carbocycles. The molecule has 1 heterocycles. The van der Waals surface area contributed by atoms with Gasteiger partial charge in [-0.25, -0.2) is 0 Å². The summed E-state index contributed by atoms with van der Waals surface area (Å²) in [6.45, 7) is 7.32. The van der Waals surface area contributed by atoms with E-state index in [1.165, 1.54) is 0 Å². The lowest BCUT2D eigenvalue weighted by molar-refractivity contribution is -0.134. The highest BCUT2D eigenvalue weighted by molar-refractivity contribution is 5.82. The number of carbonyl (C=O) groups is 1. The van der Waals surface area contributed by atoms with Crippen LogP contribution >= 0.6 is 0 Å². The predicted octanol–water partition coefficient (Wildman–Crippen LogP) is 1.39. The molecule has 0 aromatic rings. The molecule has 0 bridgehead atoms. The van der Waals surface area contributed by atoms with Crippen LogP contribution in [0.25, 0.3) is 0 Å². The van der Waals surface area contributed by atoms with Crippen molar-refractivity contribution in [1.82, 2.24) is 4.90 Å². The molecule has 0 radical (unpaired) electrons. The van der Waals surface area contributed by atoms with Crippen LogP contribution in [0.3, 0.4) is 0 Å². The average Bonchev–Trinajstić information content (AvgIpc) is 2.38. The number of nitrogens with zero attached hydrogens (tertiary/aromatic N) is 1. The van der Waals surface area contributed by atoms with Gasteiger partial charge in [0.25, 0.3) is 0 Å². The number of amides is 1. The van der Waals surface area contributed by atoms with Crippen molar-refractivity contribution in [2.45, 2.75) is 45.6 Å². The van der Waals surface area contributed by atoms with Crippen molar-refractivity contribution < 1.29 is 9.53 Å². The van der Waals surface area contributed by atoms with Crippen molar-refractivity contribution in [3.63, 3.8) is 0 Å². The van der Waals surface area contributed by atoms with Crippen LogP contribution in [0.1, 0.15) is 39.5 Å². The minimum atomic E-state index is -0.336. The summed E-state index contributed by atoms with van der Waals surface area (Å²) in [4.78, 5) is 14.2. The Balaban J connectivity index is 2.51. The van der Waals surface area contributed by atoms with Gasteiger partial charge in [-0.15, -0.1) is 0 Å². The molecular weight excluding hydrogens is 216 g/mol. The van der Waals surface area contributed by atoms with Crippen LogP contribution in [-0.2, 0) is 9.53 Å². The largest absolute Gasteiger partial charge is 0.381 e. The molecule has 1 saturated heterocycles. The summed E-state index contributed by atoms with van der Waals surface area (Å²) in [6, 6.07) is -0.336. The smallest absolute Gasteiger partial charge is 0.239 e. The summed E-state index contributed by atoms with van der Waals surface area (Å²) < 4.78 is 5.30. The summed E-state index contributed by atoms with van der Waals surface area (Å²) >= 11 is 0. The molecule has 1 rings (SSSR count). The van der Waals surface area contributed by atoms with Gasteiger partial charge in [0.1, 0.15) is 0 Å². The number of ether oxygens (including phenoxy) is 1. The average molecular weight is 242 g/mol. The standard InChI is InChI=1S/C13H26N2O2/c1-3-7-15(8-4-2)13(16)12(14)11-5-9-17-10-6-11/h11-12H,3-10,14H2,1-2H3. The minimum absolute atomic E-state index is 0.126. The summed E-state index contributed by atoms with van der Waals surface area (Å²) in [6.07, 6.45) is 3.82. The van der Waals surface area contributed by atoms with E-state index < -0.39 is 0 Å². The lowest BCUT2D eigenvalue weighted by Gasteiger charge is -2.31. The molecule has 17 heavy (non-hydrogen) atoms. The van der Waals surface area contributed by atoms with E-state index in [1.54, 1.807) is 0 Å². The summed E-state index contributed by atoms with van der Waals surface area (Å²) in [5.41, 5.74) is 6.11. The predicted molar refractivity (Wildman–Crippen MR) is 68.7 cm³/mol. The van der Waals surface area contributed by atoms with Crippen molar-refractivity contribution in [3.8, 4) is 0 Å². The van der Waals surface area contributed by atoms with E-state index in [2.05, 4.69) is 13.8 Å². The van der Waals surface area contributed by atoms with Gasteiger partial charge >= 0.3 is 0 Å². The van der Waals surface area contributed by atoms with Gasteiger partial charge in [-0.05, 0) is 31.6 Å². The third-order valence-corrected chi connectivity index (χ3v) is 3.36. The van der Waals surface area contributed by atoms with E-state index in [0.717, 1.165) is 52.0 Å². The van der Waals surface area contributed by atoms with E-state index in [9.17, 15) is 4.79 Å². The maximum absolute atomic E-state index is 12.3. The Morgan fingerprint density at radius 2 is 1.82 bits per heavy atom. The van der Waals surface area contributed by atoms with Crippen molar-refractivity contribution in [1.29, 1.82) is 0 Å². The van der Waals surface area contributed by atoms with Gasteiger partial charge in [-0.2, -0.15) is 0 Å². The molecule has 1 amide bonds. The second-order valence-electron chi connectivity index (χ2n) is 4.80. The van der Waals surface area contributed by atoms with E-state index in [0.29, 0.717) is 5.92 Å². The number of carbonyl (C=O) groups excluding carboxylic acids is 1. The molecule has 1 atom stereocenters. The number of nitrogens with two attached hydrogens (primary N) is 1. The Hall–Kier alpha value is -0.610. The molecule has 0 aromatic heterocycles. The van der Waals surface area contributed by atoms with Gasteiger partial charge in [0, 0.05) is 26.3 Å². The Morgan fingerprint density at radius 3 is 2.29 bits per heavy atom. The summed E-state index contributed by atoms with van der Waals surface area (Å²) in [5.74, 6) is 0.424. The molecule has 2 N–H and O–H groups in total. The summed E-state index contributed by atoms with van der Waals surface area (Å²) in [7, 11) is 0. The molecule has 4 nitrogen and oxygen atoms in total. The van der Waals surface area contributed by atoms with Gasteiger partial charge < -0.3 is 15.4 Å². The van der Waals surface area contributed by atoms with Crippen molar-refractivity contribution >= 4 is 5.91 Å². The fraction of sp³-hybridized carbons (Fsp3) is 0.923. The van der Waals surface area contributed by atoms with Gasteiger partial charge in [-0.1, -0.05) is 13.8 Å². The van der Waals surface area contributed by atoms with Crippen LogP contribution < -0.4 is 5.73 Å². The van der Waals surface area contributed by atoms with Crippen LogP contribution in [0.15, 0.2) is 0 Å². The zero-order chi connectivity index (χ0) is 12.7. The Kier molecular flexibility index (Phi) is 6.52. The number of hydrogen-bond donors (Lipinski definition) is 1. The van der Waals surface area contributed by atoms with Gasteiger partial charge in [-0.3, -0.25) is 4.79 Å². The highest BCUT2D eigenvalue weighted by Gasteiger charge is 2.29. The molecule has 1 fully saturated rings. The van der Waals surface area contributed by atoms with Gasteiger partial charge in [0.15, 0.2) is 0 Å². The zero-order valence-corrected chi connectivity index (χ0v) is 11.2. The van der Waals surface area contributed by atoms with Crippen LogP contribution in [0.2, 0.25) is 0 Å². The van der Waals surface area contributed by atoms with Gasteiger partial charge in [0.2, 0.25) is 5.91 Å². The molecular formula is C13H26N2O2. The first-order valence-corrected chi connectivity index (χ1v) is 6.82. The highest BCUT2D eigenvalue weighted by Crippen LogP contribution is 2.19. The van der Waals surface area contributed by atoms with Crippen LogP contribution in [0, 0.1) is 5.92 Å². The second-order valence-corrected chi connectivity index (χ2v) is 4.80. The number of hydrogen-bond acceptors (Lipinski definition) is 3. The topological polar surface area (TPSA) is 55.6 Å². The van der Waals surface area contributed by atoms with Crippen LogP contribution in [0.5, 0.6) is 0 Å². The fourth-order valence-electron chi connectivity index (χ4n) is 2.36. The maximum atomic E-state index is 12.3. The lowest BCUT2D eigenvalue weighted by atomic mass is 9.91. The third-order valence-electron chi connectivity index (χ3n) is 3.36. The summed E-state index contributed by atoms with van der Waals surface area (Å²) in [5, 5.41) is 0. The van der Waals surface area contributed by atoms with Crippen molar-refractivity contribution in [2.75, 3.05) is 26.3 Å². The van der Waals surface area contributed by atoms with E-state index >= 15 is 0 Å². The Morgan fingerprint density at radius 1 is 1.29 bits per heavy atom. The molecule has 1 unspecified atom stereocenters. The molecule has 0 saturated carbocycles. The first-order valence-electron chi connectivity index (χ1n) is 6.82. The Labute approximate surface area is 104 Å². The maximum Gasteiger partial charge on any atom is 0.239 e. The Bertz CT molecular complexity index is 221. The van der Waals surface area contributed by atoms with Crippen LogP contribution in [0.4, 0.5) is 0 Å². The van der Waals surface area contributed by atoms with Crippen molar-refractivity contribution in [2.24, 2.45) is 11.7 Å². The first-order chi connectivity index (χ1) is 8.20. The molecule has 0 spiro atoms. The van der Waals surface area contributed by atoms with E-state index in [4.69, 9.17) is 10.5 Å². The van der Waals surface area contributed by atoms with Crippen molar-refractivity contribution in [3.05, 3.63) is 0 Å². The number of rotatable bonds is 6. The highest BCUT2D eigenvalue weighted by atomic mass is 16.5. The first kappa shape index (κ1) is 14.5. The van der Waals surface area contributed by atoms with Gasteiger partial charge in [0.05, 0.1) is 6.04 Å². The van der Waals surface area contributed by atoms with Crippen LogP contribution in [-0.4, -0.2) is 43.2 Å². The second kappa shape index (κ2) is 7.67. The molecule has 100 valence electrons. The quantitative estimate of drug-likeness (QED) is 0.765. The minimum Gasteiger partial charge on any atom is -0.381 e. The lowest BCUT2D eigenvalue weighted by Crippen LogP contribution is -2.49. The zero-order valence-electron chi connectivity index (χ0n) is 11.2. The molecule has 1 aliphatic rings. The van der Waals surface area contributed by atoms with E-state index in [-0.39, 0.29) is 11.9 Å². The fourth-order valence-corrected chi connectivity index (χ4v) is 2.36. The monoisotopic (exact) mass is 242 g/mol. The molecule has 1 aliphatic heterocycles. The molecule has 4 heteroatoms. The van der Waals surface area contributed by atoms with E-state index in [1.807, 2.05) is 4.90 Å². The SMILES string of the molecule is CCCN(CCC)C(=O)C(N)C1CCOCC1.